The number of rotatable bonds is 2. The fourth-order valence-electron chi connectivity index (χ4n) is 5.70. The number of nitriles is 10. The predicted octanol–water partition coefficient (Wildman–Crippen LogP) is 5.81. The lowest BCUT2D eigenvalue weighted by Gasteiger charge is -2.13. The predicted molar refractivity (Wildman–Crippen MR) is 159 cm³/mol. The van der Waals surface area contributed by atoms with Crippen LogP contribution < -0.4 is 0 Å². The van der Waals surface area contributed by atoms with Crippen molar-refractivity contribution in [3.63, 3.8) is 0 Å². The van der Waals surface area contributed by atoms with E-state index in [1.165, 1.54) is 42.5 Å². The van der Waals surface area contributed by atoms with Crippen molar-refractivity contribution in [2.45, 2.75) is 0 Å². The summed E-state index contributed by atoms with van der Waals surface area (Å²) in [6, 6.07) is 27.4. The van der Waals surface area contributed by atoms with Gasteiger partial charge in [0.25, 0.3) is 0 Å². The van der Waals surface area contributed by atoms with Crippen molar-refractivity contribution in [3.05, 3.63) is 115 Å². The van der Waals surface area contributed by atoms with Crippen LogP contribution in [0.25, 0.3) is 33.4 Å². The second kappa shape index (κ2) is 11.6. The van der Waals surface area contributed by atoms with E-state index in [-0.39, 0.29) is 77.9 Å². The fraction of sp³-hybridized carbons (Fsp3) is 0. The second-order valence-corrected chi connectivity index (χ2v) is 9.75. The molecule has 0 amide bonds. The van der Waals surface area contributed by atoms with E-state index in [9.17, 15) is 52.6 Å². The maximum atomic E-state index is 17.0. The average molecular weight is 599 g/mol. The van der Waals surface area contributed by atoms with E-state index in [1.807, 2.05) is 36.4 Å². The maximum absolute atomic E-state index is 17.0. The highest BCUT2D eigenvalue weighted by Gasteiger charge is 2.41. The van der Waals surface area contributed by atoms with E-state index in [1.54, 1.807) is 24.3 Å². The largest absolute Gasteiger partial charge is 0.206 e. The van der Waals surface area contributed by atoms with Gasteiger partial charge in [0.05, 0.1) is 57.7 Å². The van der Waals surface area contributed by atoms with E-state index in [4.69, 9.17) is 0 Å². The molecule has 0 atom stereocenters. The molecule has 0 heterocycles. The molecule has 10 nitrogen and oxygen atoms in total. The van der Waals surface area contributed by atoms with Gasteiger partial charge in [-0.3, -0.25) is 0 Å². The minimum Gasteiger partial charge on any atom is -0.206 e. The first-order valence-electron chi connectivity index (χ1n) is 13.0. The molecule has 0 fully saturated rings. The van der Waals surface area contributed by atoms with Crippen LogP contribution in [0.1, 0.15) is 55.6 Å². The normalized spacial score (nSPS) is 11.9. The Hall–Kier alpha value is -8.55. The minimum atomic E-state index is -1.15. The molecule has 0 N–H and O–H groups in total. The van der Waals surface area contributed by atoms with Gasteiger partial charge in [-0.1, -0.05) is 0 Å². The molecule has 0 unspecified atom stereocenters. The summed E-state index contributed by atoms with van der Waals surface area (Å²) in [5.74, 6) is -1.15. The van der Waals surface area contributed by atoms with Gasteiger partial charge in [0.15, 0.2) is 0 Å². The highest BCUT2D eigenvalue weighted by Crippen LogP contribution is 2.55. The van der Waals surface area contributed by atoms with Crippen molar-refractivity contribution in [2.24, 2.45) is 0 Å². The zero-order valence-corrected chi connectivity index (χ0v) is 23.4. The number of hydrogen-bond donors (Lipinski definition) is 0. The molecule has 47 heavy (non-hydrogen) atoms. The zero-order valence-electron chi connectivity index (χ0n) is 23.4. The number of hydrogen-bond acceptors (Lipinski definition) is 10. The van der Waals surface area contributed by atoms with E-state index in [0.29, 0.717) is 0 Å². The van der Waals surface area contributed by atoms with Crippen LogP contribution in [0.4, 0.5) is 4.39 Å². The molecule has 2 aliphatic rings. The third kappa shape index (κ3) is 4.40. The number of halogens is 1. The molecule has 0 bridgehead atoms. The van der Waals surface area contributed by atoms with E-state index >= 15 is 4.39 Å². The highest BCUT2D eigenvalue weighted by molar-refractivity contribution is 6.30. The van der Waals surface area contributed by atoms with Gasteiger partial charge in [-0.25, -0.2) is 4.39 Å². The van der Waals surface area contributed by atoms with Crippen LogP contribution in [-0.4, -0.2) is 0 Å². The molecule has 0 aromatic heterocycles. The molecule has 11 heteroatoms. The van der Waals surface area contributed by atoms with Crippen LogP contribution in [0, 0.1) is 119 Å². The van der Waals surface area contributed by atoms with Crippen molar-refractivity contribution >= 4 is 33.4 Å². The molecular weight excluding hydrogens is 591 g/mol. The van der Waals surface area contributed by atoms with Crippen LogP contribution in [0.5, 0.6) is 0 Å². The van der Waals surface area contributed by atoms with Gasteiger partial charge in [0, 0.05) is 33.4 Å². The third-order valence-electron chi connectivity index (χ3n) is 7.44. The SMILES string of the molecule is N#CC(C#N)=C1C(c2cc(C#N)cc(C#N)c2)=C(C#N)c2c1cc1c(c2F)C(C#N)=C(c2cc(C#N)cc(C#N)c2)C1=C(C#N)C#N. The first kappa shape index (κ1) is 29.9. The highest BCUT2D eigenvalue weighted by atomic mass is 19.1. The van der Waals surface area contributed by atoms with Crippen molar-refractivity contribution in [3.8, 4) is 60.7 Å². The van der Waals surface area contributed by atoms with E-state index < -0.39 is 28.1 Å². The molecule has 0 radical (unpaired) electrons. The van der Waals surface area contributed by atoms with Crippen LogP contribution in [-0.2, 0) is 0 Å². The standard InChI is InChI=1S/C36H7FN10/c37-36-34-26(32(24(12-42)13-43)30(28(34)16-46)22-3-18(8-38)1-19(4-22)9-39)7-27-33(25(14-44)15-45)31(29(17-47)35(27)36)23-5-20(10-40)2-21(6-23)11-41/h1-7H. The molecule has 208 valence electrons. The summed E-state index contributed by atoms with van der Waals surface area (Å²) in [5.41, 5.74) is -3.44. The molecule has 3 aromatic carbocycles. The van der Waals surface area contributed by atoms with Crippen molar-refractivity contribution < 1.29 is 4.39 Å². The first-order valence-corrected chi connectivity index (χ1v) is 13.0. The Bertz CT molecular complexity index is 2350. The Morgan fingerprint density at radius 2 is 0.745 bits per heavy atom. The Kier molecular flexibility index (Phi) is 7.40. The molecule has 3 aromatic rings. The number of nitrogens with zero attached hydrogens (tertiary/aromatic N) is 10. The molecule has 0 aliphatic heterocycles. The number of benzene rings is 3. The maximum Gasteiger partial charge on any atom is 0.141 e. The lowest BCUT2D eigenvalue weighted by Crippen LogP contribution is -2.00. The Balaban J connectivity index is 2.02. The van der Waals surface area contributed by atoms with Gasteiger partial charge >= 0.3 is 0 Å². The van der Waals surface area contributed by atoms with E-state index in [2.05, 4.69) is 0 Å². The molecule has 2 aliphatic carbocycles. The Labute approximate surface area is 265 Å². The quantitative estimate of drug-likeness (QED) is 0.320. The van der Waals surface area contributed by atoms with Gasteiger partial charge in [-0.05, 0) is 64.7 Å². The minimum absolute atomic E-state index is 0.00570. The summed E-state index contributed by atoms with van der Waals surface area (Å²) in [6.07, 6.45) is 0. The van der Waals surface area contributed by atoms with Gasteiger partial charge in [-0.2, -0.15) is 52.6 Å². The van der Waals surface area contributed by atoms with Crippen molar-refractivity contribution in [2.75, 3.05) is 0 Å². The van der Waals surface area contributed by atoms with Crippen LogP contribution >= 0.6 is 0 Å². The molecule has 5 rings (SSSR count). The Morgan fingerprint density at radius 1 is 0.426 bits per heavy atom. The van der Waals surface area contributed by atoms with Gasteiger partial charge in [0.2, 0.25) is 0 Å². The van der Waals surface area contributed by atoms with Crippen LogP contribution in [0.3, 0.4) is 0 Å². The monoisotopic (exact) mass is 598 g/mol. The summed E-state index contributed by atoms with van der Waals surface area (Å²) < 4.78 is 17.0. The van der Waals surface area contributed by atoms with Gasteiger partial charge in [0.1, 0.15) is 53.4 Å². The number of allylic oxidation sites excluding steroid dienone is 8. The average Bonchev–Trinajstić information content (AvgIpc) is 3.62. The summed E-state index contributed by atoms with van der Waals surface area (Å²) in [7, 11) is 0. The van der Waals surface area contributed by atoms with Crippen LogP contribution in [0.15, 0.2) is 53.6 Å². The van der Waals surface area contributed by atoms with Crippen LogP contribution in [0.2, 0.25) is 0 Å². The Morgan fingerprint density at radius 3 is 1.00 bits per heavy atom. The smallest absolute Gasteiger partial charge is 0.141 e. The number of fused-ring (bicyclic) bond motifs is 2. The third-order valence-corrected chi connectivity index (χ3v) is 7.44. The molecule has 0 saturated carbocycles. The van der Waals surface area contributed by atoms with E-state index in [0.717, 1.165) is 0 Å². The fourth-order valence-corrected chi connectivity index (χ4v) is 5.70. The lowest BCUT2D eigenvalue weighted by atomic mass is 9.88. The van der Waals surface area contributed by atoms with Gasteiger partial charge in [-0.15, -0.1) is 0 Å². The first-order chi connectivity index (χ1) is 22.8. The van der Waals surface area contributed by atoms with Crippen molar-refractivity contribution in [1.29, 1.82) is 52.6 Å². The van der Waals surface area contributed by atoms with Crippen molar-refractivity contribution in [1.82, 2.24) is 0 Å². The lowest BCUT2D eigenvalue weighted by molar-refractivity contribution is 0.621. The zero-order chi connectivity index (χ0) is 34.0. The molecular formula is C36H7FN10. The topological polar surface area (TPSA) is 238 Å². The summed E-state index contributed by atoms with van der Waals surface area (Å²) in [6.45, 7) is 0. The molecule has 0 spiro atoms. The molecule has 0 saturated heterocycles. The summed E-state index contributed by atoms with van der Waals surface area (Å²) in [5, 5.41) is 98.8. The summed E-state index contributed by atoms with van der Waals surface area (Å²) >= 11 is 0. The summed E-state index contributed by atoms with van der Waals surface area (Å²) in [4.78, 5) is 0. The van der Waals surface area contributed by atoms with Gasteiger partial charge < -0.3 is 0 Å². The second-order valence-electron chi connectivity index (χ2n) is 9.75.